The fourth-order valence-electron chi connectivity index (χ4n) is 3.46. The molecular formula is C21H20FNO3S. The molecule has 1 N–H and O–H groups in total. The Labute approximate surface area is 160 Å². The van der Waals surface area contributed by atoms with Gasteiger partial charge in [0.05, 0.1) is 17.2 Å². The summed E-state index contributed by atoms with van der Waals surface area (Å²) in [5, 5.41) is 3.42. The molecule has 1 aliphatic heterocycles. The van der Waals surface area contributed by atoms with Gasteiger partial charge in [-0.2, -0.15) is 0 Å². The lowest BCUT2D eigenvalue weighted by atomic mass is 10.1. The number of thiophene rings is 1. The number of hydrogen-bond acceptors (Lipinski definition) is 4. The van der Waals surface area contributed by atoms with Crippen LogP contribution in [0.4, 0.5) is 10.1 Å². The van der Waals surface area contributed by atoms with Gasteiger partial charge in [0.15, 0.2) is 0 Å². The monoisotopic (exact) mass is 385 g/mol. The maximum absolute atomic E-state index is 14.1. The van der Waals surface area contributed by atoms with E-state index in [9.17, 15) is 9.18 Å². The average Bonchev–Trinajstić information content (AvgIpc) is 3.15. The van der Waals surface area contributed by atoms with Crippen molar-refractivity contribution in [1.29, 1.82) is 0 Å². The van der Waals surface area contributed by atoms with Crippen LogP contribution in [0, 0.1) is 12.7 Å². The Hall–Kier alpha value is -2.60. The number of halogens is 1. The standard InChI is InChI=1S/C21H20FNO3S/c1-4-25-17-9-13-8-11(2)26-16(13)10-15(17)23-21(24)20-12(3)19-14(22)6-5-7-18(19)27-20/h5-7,9-11H,4,8H2,1-3H3,(H,23,24). The van der Waals surface area contributed by atoms with Crippen LogP contribution < -0.4 is 14.8 Å². The predicted molar refractivity (Wildman–Crippen MR) is 106 cm³/mol. The summed E-state index contributed by atoms with van der Waals surface area (Å²) in [6, 6.07) is 8.63. The zero-order valence-corrected chi connectivity index (χ0v) is 16.2. The first-order chi connectivity index (χ1) is 13.0. The topological polar surface area (TPSA) is 47.6 Å². The molecule has 0 saturated carbocycles. The molecule has 0 fully saturated rings. The first-order valence-electron chi connectivity index (χ1n) is 8.93. The quantitative estimate of drug-likeness (QED) is 0.661. The molecule has 1 unspecified atom stereocenters. The van der Waals surface area contributed by atoms with Crippen LogP contribution in [-0.4, -0.2) is 18.6 Å². The highest BCUT2D eigenvalue weighted by Gasteiger charge is 2.24. The summed E-state index contributed by atoms with van der Waals surface area (Å²) >= 11 is 1.29. The van der Waals surface area contributed by atoms with Crippen molar-refractivity contribution < 1.29 is 18.7 Å². The molecule has 2 heterocycles. The molecular weight excluding hydrogens is 365 g/mol. The highest BCUT2D eigenvalue weighted by atomic mass is 32.1. The van der Waals surface area contributed by atoms with Crippen LogP contribution in [0.25, 0.3) is 10.1 Å². The minimum Gasteiger partial charge on any atom is -0.492 e. The normalized spacial score (nSPS) is 15.5. The molecule has 0 spiro atoms. The van der Waals surface area contributed by atoms with Crippen molar-refractivity contribution in [3.05, 3.63) is 52.2 Å². The molecule has 140 valence electrons. The van der Waals surface area contributed by atoms with Gasteiger partial charge in [-0.3, -0.25) is 4.79 Å². The molecule has 6 heteroatoms. The second-order valence-corrected chi connectivity index (χ2v) is 7.70. The summed E-state index contributed by atoms with van der Waals surface area (Å²) in [5.74, 6) is 0.794. The number of ether oxygens (including phenoxy) is 2. The first-order valence-corrected chi connectivity index (χ1v) is 9.75. The minimum absolute atomic E-state index is 0.105. The molecule has 0 saturated heterocycles. The van der Waals surface area contributed by atoms with Crippen molar-refractivity contribution in [2.45, 2.75) is 33.3 Å². The van der Waals surface area contributed by atoms with Gasteiger partial charge in [0, 0.05) is 28.1 Å². The number of carbonyl (C=O) groups excluding carboxylic acids is 1. The zero-order chi connectivity index (χ0) is 19.1. The van der Waals surface area contributed by atoms with Crippen molar-refractivity contribution in [2.75, 3.05) is 11.9 Å². The van der Waals surface area contributed by atoms with Crippen LogP contribution in [0.1, 0.15) is 34.6 Å². The number of anilines is 1. The van der Waals surface area contributed by atoms with E-state index in [1.165, 1.54) is 17.4 Å². The molecule has 3 aromatic rings. The van der Waals surface area contributed by atoms with Crippen LogP contribution in [0.5, 0.6) is 11.5 Å². The third-order valence-electron chi connectivity index (χ3n) is 4.66. The molecule has 2 aromatic carbocycles. The van der Waals surface area contributed by atoms with E-state index in [1.807, 2.05) is 32.0 Å². The molecule has 0 radical (unpaired) electrons. The second-order valence-electron chi connectivity index (χ2n) is 6.64. The first kappa shape index (κ1) is 17.8. The van der Waals surface area contributed by atoms with Gasteiger partial charge < -0.3 is 14.8 Å². The summed E-state index contributed by atoms with van der Waals surface area (Å²) in [6.45, 7) is 6.17. The van der Waals surface area contributed by atoms with Gasteiger partial charge in [-0.05, 0) is 44.5 Å². The largest absolute Gasteiger partial charge is 0.492 e. The smallest absolute Gasteiger partial charge is 0.266 e. The van der Waals surface area contributed by atoms with Gasteiger partial charge in [0.2, 0.25) is 0 Å². The maximum Gasteiger partial charge on any atom is 0.266 e. The van der Waals surface area contributed by atoms with E-state index < -0.39 is 0 Å². The third kappa shape index (κ3) is 3.14. The number of hydrogen-bond donors (Lipinski definition) is 1. The summed E-state index contributed by atoms with van der Waals surface area (Å²) in [6.07, 6.45) is 0.923. The Kier molecular flexibility index (Phi) is 4.52. The SMILES string of the molecule is CCOc1cc2c(cc1NC(=O)c1sc3cccc(F)c3c1C)OC(C)C2. The lowest BCUT2D eigenvalue weighted by Gasteiger charge is -2.13. The summed E-state index contributed by atoms with van der Waals surface area (Å²) in [7, 11) is 0. The number of nitrogens with one attached hydrogen (secondary N) is 1. The van der Waals surface area contributed by atoms with Gasteiger partial charge in [-0.1, -0.05) is 6.07 Å². The van der Waals surface area contributed by atoms with Gasteiger partial charge >= 0.3 is 0 Å². The molecule has 1 aromatic heterocycles. The maximum atomic E-state index is 14.1. The number of rotatable bonds is 4. The van der Waals surface area contributed by atoms with Crippen molar-refractivity contribution in [2.24, 2.45) is 0 Å². The second kappa shape index (κ2) is 6.85. The Bertz CT molecular complexity index is 1040. The van der Waals surface area contributed by atoms with E-state index in [0.717, 1.165) is 22.4 Å². The Morgan fingerprint density at radius 1 is 1.41 bits per heavy atom. The summed E-state index contributed by atoms with van der Waals surface area (Å²) < 4.78 is 26.4. The average molecular weight is 385 g/mol. The molecule has 27 heavy (non-hydrogen) atoms. The fourth-order valence-corrected chi connectivity index (χ4v) is 4.58. The summed E-state index contributed by atoms with van der Waals surface area (Å²) in [4.78, 5) is 13.4. The van der Waals surface area contributed by atoms with E-state index >= 15 is 0 Å². The molecule has 4 rings (SSSR count). The third-order valence-corrected chi connectivity index (χ3v) is 5.91. The Morgan fingerprint density at radius 2 is 2.22 bits per heavy atom. The Morgan fingerprint density at radius 3 is 2.96 bits per heavy atom. The van der Waals surface area contributed by atoms with E-state index in [1.54, 1.807) is 13.0 Å². The summed E-state index contributed by atoms with van der Waals surface area (Å²) in [5.41, 5.74) is 2.28. The van der Waals surface area contributed by atoms with Crippen LogP contribution in [0.3, 0.4) is 0 Å². The van der Waals surface area contributed by atoms with Crippen LogP contribution in [0.2, 0.25) is 0 Å². The van der Waals surface area contributed by atoms with E-state index in [2.05, 4.69) is 5.32 Å². The zero-order valence-electron chi connectivity index (χ0n) is 15.4. The fraction of sp³-hybridized carbons (Fsp3) is 0.286. The molecule has 4 nitrogen and oxygen atoms in total. The Balaban J connectivity index is 1.70. The number of carbonyl (C=O) groups is 1. The number of aryl methyl sites for hydroxylation is 1. The highest BCUT2D eigenvalue weighted by Crippen LogP contribution is 2.39. The number of fused-ring (bicyclic) bond motifs is 2. The van der Waals surface area contributed by atoms with E-state index in [4.69, 9.17) is 9.47 Å². The van der Waals surface area contributed by atoms with Crippen molar-refractivity contribution in [3.8, 4) is 11.5 Å². The van der Waals surface area contributed by atoms with Gasteiger partial charge in [-0.25, -0.2) is 4.39 Å². The lowest BCUT2D eigenvalue weighted by Crippen LogP contribution is -2.13. The molecule has 1 amide bonds. The van der Waals surface area contributed by atoms with Gasteiger partial charge in [0.25, 0.3) is 5.91 Å². The molecule has 1 atom stereocenters. The van der Waals surface area contributed by atoms with Crippen molar-refractivity contribution in [3.63, 3.8) is 0 Å². The lowest BCUT2D eigenvalue weighted by molar-refractivity contribution is 0.102. The van der Waals surface area contributed by atoms with Crippen LogP contribution in [-0.2, 0) is 6.42 Å². The van der Waals surface area contributed by atoms with E-state index in [0.29, 0.717) is 33.9 Å². The minimum atomic E-state index is -0.310. The number of benzene rings is 2. The van der Waals surface area contributed by atoms with Crippen molar-refractivity contribution in [1.82, 2.24) is 0 Å². The molecule has 0 aliphatic carbocycles. The van der Waals surface area contributed by atoms with Gasteiger partial charge in [-0.15, -0.1) is 11.3 Å². The van der Waals surface area contributed by atoms with Gasteiger partial charge in [0.1, 0.15) is 23.4 Å². The number of amides is 1. The highest BCUT2D eigenvalue weighted by molar-refractivity contribution is 7.21. The predicted octanol–water partition coefficient (Wildman–Crippen LogP) is 5.32. The van der Waals surface area contributed by atoms with Crippen LogP contribution in [0.15, 0.2) is 30.3 Å². The van der Waals surface area contributed by atoms with Crippen LogP contribution >= 0.6 is 11.3 Å². The molecule has 1 aliphatic rings. The molecule has 0 bridgehead atoms. The van der Waals surface area contributed by atoms with E-state index in [-0.39, 0.29) is 17.8 Å². The van der Waals surface area contributed by atoms with Crippen molar-refractivity contribution >= 4 is 33.0 Å².